The lowest BCUT2D eigenvalue weighted by atomic mass is 10.1. The molecular formula is C23H17F3N2O3. The van der Waals surface area contributed by atoms with Crippen LogP contribution in [0.1, 0.15) is 17.5 Å². The van der Waals surface area contributed by atoms with Gasteiger partial charge in [0.05, 0.1) is 17.8 Å². The van der Waals surface area contributed by atoms with E-state index in [9.17, 15) is 18.0 Å². The van der Waals surface area contributed by atoms with Gasteiger partial charge in [-0.25, -0.2) is 5.01 Å². The Hall–Kier alpha value is -3.81. The van der Waals surface area contributed by atoms with Crippen molar-refractivity contribution in [2.75, 3.05) is 5.01 Å². The van der Waals surface area contributed by atoms with Gasteiger partial charge in [-0.3, -0.25) is 4.79 Å². The van der Waals surface area contributed by atoms with Crippen LogP contribution in [0.2, 0.25) is 0 Å². The first-order valence-electron chi connectivity index (χ1n) is 9.41. The van der Waals surface area contributed by atoms with E-state index in [1.165, 1.54) is 29.3 Å². The maximum Gasteiger partial charge on any atom is 0.573 e. The van der Waals surface area contributed by atoms with E-state index in [0.717, 1.165) is 5.56 Å². The van der Waals surface area contributed by atoms with Crippen LogP contribution in [-0.4, -0.2) is 18.0 Å². The van der Waals surface area contributed by atoms with Gasteiger partial charge in [0, 0.05) is 0 Å². The number of rotatable bonds is 6. The second-order valence-corrected chi connectivity index (χ2v) is 6.77. The zero-order valence-corrected chi connectivity index (χ0v) is 16.2. The Morgan fingerprint density at radius 1 is 0.871 bits per heavy atom. The number of halogens is 3. The van der Waals surface area contributed by atoms with Crippen LogP contribution in [-0.2, 0) is 11.4 Å². The number of alkyl halides is 3. The van der Waals surface area contributed by atoms with Crippen molar-refractivity contribution in [3.63, 3.8) is 0 Å². The molecule has 0 N–H and O–H groups in total. The van der Waals surface area contributed by atoms with Gasteiger partial charge >= 0.3 is 6.36 Å². The number of carbonyl (C=O) groups is 1. The molecule has 1 aliphatic heterocycles. The Bertz CT molecular complexity index is 1080. The van der Waals surface area contributed by atoms with Crippen molar-refractivity contribution in [2.24, 2.45) is 5.10 Å². The molecule has 5 nitrogen and oxygen atoms in total. The summed E-state index contributed by atoms with van der Waals surface area (Å²) in [5.41, 5.74) is 2.63. The summed E-state index contributed by atoms with van der Waals surface area (Å²) in [7, 11) is 0. The third-order valence-electron chi connectivity index (χ3n) is 4.53. The van der Waals surface area contributed by atoms with E-state index in [-0.39, 0.29) is 18.1 Å². The van der Waals surface area contributed by atoms with Crippen molar-refractivity contribution in [1.82, 2.24) is 0 Å². The van der Waals surface area contributed by atoms with Crippen molar-refractivity contribution < 1.29 is 27.4 Å². The Kier molecular flexibility index (Phi) is 5.62. The molecule has 31 heavy (non-hydrogen) atoms. The van der Waals surface area contributed by atoms with E-state index in [0.29, 0.717) is 29.3 Å². The van der Waals surface area contributed by atoms with Crippen LogP contribution in [0.4, 0.5) is 18.9 Å². The van der Waals surface area contributed by atoms with Gasteiger partial charge in [0.25, 0.3) is 5.91 Å². The summed E-state index contributed by atoms with van der Waals surface area (Å²) in [4.78, 5) is 12.4. The second kappa shape index (κ2) is 8.51. The summed E-state index contributed by atoms with van der Waals surface area (Å²) in [6.07, 6.45) is -4.71. The summed E-state index contributed by atoms with van der Waals surface area (Å²) in [5.74, 6) is 0.0939. The first-order valence-corrected chi connectivity index (χ1v) is 9.41. The molecule has 1 amide bonds. The molecular weight excluding hydrogens is 409 g/mol. The molecule has 0 aromatic heterocycles. The smallest absolute Gasteiger partial charge is 0.489 e. The lowest BCUT2D eigenvalue weighted by Crippen LogP contribution is -2.19. The number of hydrogen-bond donors (Lipinski definition) is 0. The molecule has 1 aliphatic rings. The summed E-state index contributed by atoms with van der Waals surface area (Å²) in [6, 6.07) is 22.0. The molecule has 0 unspecified atom stereocenters. The van der Waals surface area contributed by atoms with Crippen LogP contribution in [0.25, 0.3) is 0 Å². The number of hydrazone groups is 1. The predicted octanol–water partition coefficient (Wildman–Crippen LogP) is 5.31. The van der Waals surface area contributed by atoms with Crippen LogP contribution in [0.15, 0.2) is 84.0 Å². The number of nitrogens with zero attached hydrogens (tertiary/aromatic N) is 2. The molecule has 0 saturated carbocycles. The SMILES string of the molecule is O=C1CC(c2ccc(OC(F)(F)F)cc2)=NN1c1ccc(OCc2ccccc2)cc1. The normalized spacial score (nSPS) is 13.8. The minimum absolute atomic E-state index is 0.0474. The number of hydrogen-bond acceptors (Lipinski definition) is 4. The lowest BCUT2D eigenvalue weighted by Gasteiger charge is -2.12. The molecule has 0 bridgehead atoms. The lowest BCUT2D eigenvalue weighted by molar-refractivity contribution is -0.274. The zero-order valence-electron chi connectivity index (χ0n) is 16.2. The first kappa shape index (κ1) is 20.5. The maximum atomic E-state index is 12.4. The highest BCUT2D eigenvalue weighted by Gasteiger charge is 2.31. The Morgan fingerprint density at radius 2 is 1.52 bits per heavy atom. The van der Waals surface area contributed by atoms with E-state index >= 15 is 0 Å². The average Bonchev–Trinajstić information content (AvgIpc) is 3.14. The number of carbonyl (C=O) groups excluding carboxylic acids is 1. The molecule has 3 aromatic rings. The third kappa shape index (κ3) is 5.22. The van der Waals surface area contributed by atoms with E-state index in [4.69, 9.17) is 4.74 Å². The standard InChI is InChI=1S/C23H17F3N2O3/c24-23(25,26)31-20-10-6-17(7-11-20)21-14-22(29)28(27-21)18-8-12-19(13-9-18)30-15-16-4-2-1-3-5-16/h1-13H,14-15H2. The quantitative estimate of drug-likeness (QED) is 0.537. The largest absolute Gasteiger partial charge is 0.573 e. The van der Waals surface area contributed by atoms with Crippen LogP contribution in [0, 0.1) is 0 Å². The zero-order chi connectivity index (χ0) is 21.8. The fourth-order valence-electron chi connectivity index (χ4n) is 3.06. The van der Waals surface area contributed by atoms with Gasteiger partial charge in [-0.1, -0.05) is 30.3 Å². The molecule has 0 aliphatic carbocycles. The Morgan fingerprint density at radius 3 is 2.16 bits per heavy atom. The van der Waals surface area contributed by atoms with E-state index < -0.39 is 6.36 Å². The minimum atomic E-state index is -4.75. The molecule has 4 rings (SSSR count). The molecule has 0 spiro atoms. The number of ether oxygens (including phenoxy) is 2. The molecule has 8 heteroatoms. The Balaban J connectivity index is 1.43. The van der Waals surface area contributed by atoms with Crippen LogP contribution in [0.5, 0.6) is 11.5 Å². The molecule has 0 saturated heterocycles. The monoisotopic (exact) mass is 426 g/mol. The van der Waals surface area contributed by atoms with Gasteiger partial charge in [-0.2, -0.15) is 5.10 Å². The fourth-order valence-corrected chi connectivity index (χ4v) is 3.06. The topological polar surface area (TPSA) is 51.1 Å². The van der Waals surface area contributed by atoms with Gasteiger partial charge in [-0.05, 0) is 59.7 Å². The average molecular weight is 426 g/mol. The van der Waals surface area contributed by atoms with Gasteiger partial charge in [-0.15, -0.1) is 13.2 Å². The molecule has 0 radical (unpaired) electrons. The van der Waals surface area contributed by atoms with Gasteiger partial charge in [0.1, 0.15) is 18.1 Å². The van der Waals surface area contributed by atoms with E-state index in [2.05, 4.69) is 9.84 Å². The van der Waals surface area contributed by atoms with Crippen LogP contribution >= 0.6 is 0 Å². The third-order valence-corrected chi connectivity index (χ3v) is 4.53. The second-order valence-electron chi connectivity index (χ2n) is 6.77. The van der Waals surface area contributed by atoms with Crippen molar-refractivity contribution in [3.8, 4) is 11.5 Å². The van der Waals surface area contributed by atoms with Gasteiger partial charge in [0.15, 0.2) is 0 Å². The van der Waals surface area contributed by atoms with E-state index in [1.807, 2.05) is 30.3 Å². The molecule has 0 fully saturated rings. The number of anilines is 1. The highest BCUT2D eigenvalue weighted by atomic mass is 19.4. The minimum Gasteiger partial charge on any atom is -0.489 e. The highest BCUT2D eigenvalue weighted by molar-refractivity contribution is 6.19. The summed E-state index contributed by atoms with van der Waals surface area (Å²) >= 11 is 0. The summed E-state index contributed by atoms with van der Waals surface area (Å²) in [6.45, 7) is 0.430. The van der Waals surface area contributed by atoms with Crippen LogP contribution in [0.3, 0.4) is 0 Å². The molecule has 3 aromatic carbocycles. The van der Waals surface area contributed by atoms with Crippen LogP contribution < -0.4 is 14.5 Å². The number of benzene rings is 3. The van der Waals surface area contributed by atoms with Crippen molar-refractivity contribution >= 4 is 17.3 Å². The van der Waals surface area contributed by atoms with Crippen molar-refractivity contribution in [2.45, 2.75) is 19.4 Å². The fraction of sp³-hybridized carbons (Fsp3) is 0.130. The first-order chi connectivity index (χ1) is 14.9. The Labute approximate surface area is 176 Å². The number of amides is 1. The predicted molar refractivity (Wildman–Crippen MR) is 109 cm³/mol. The summed E-state index contributed by atoms with van der Waals surface area (Å²) < 4.78 is 46.5. The maximum absolute atomic E-state index is 12.4. The van der Waals surface area contributed by atoms with Crippen molar-refractivity contribution in [3.05, 3.63) is 90.0 Å². The van der Waals surface area contributed by atoms with Gasteiger partial charge in [0.2, 0.25) is 0 Å². The summed E-state index contributed by atoms with van der Waals surface area (Å²) in [5, 5.41) is 5.61. The molecule has 0 atom stereocenters. The van der Waals surface area contributed by atoms with Crippen molar-refractivity contribution in [1.29, 1.82) is 0 Å². The van der Waals surface area contributed by atoms with Gasteiger partial charge < -0.3 is 9.47 Å². The molecule has 158 valence electrons. The molecule has 1 heterocycles. The van der Waals surface area contributed by atoms with E-state index in [1.54, 1.807) is 24.3 Å². The highest BCUT2D eigenvalue weighted by Crippen LogP contribution is 2.27.